The van der Waals surface area contributed by atoms with Crippen molar-refractivity contribution in [1.82, 2.24) is 4.57 Å². The van der Waals surface area contributed by atoms with Crippen molar-refractivity contribution in [2.45, 2.75) is 26.3 Å². The number of rotatable bonds is 2. The van der Waals surface area contributed by atoms with E-state index in [0.717, 1.165) is 0 Å². The van der Waals surface area contributed by atoms with Crippen LogP contribution >= 0.6 is 0 Å². The summed E-state index contributed by atoms with van der Waals surface area (Å²) in [5.74, 6) is 0. The van der Waals surface area contributed by atoms with E-state index in [2.05, 4.69) is 98.1 Å². The molecule has 0 radical (unpaired) electrons. The van der Waals surface area contributed by atoms with Crippen molar-refractivity contribution in [1.29, 1.82) is 0 Å². The van der Waals surface area contributed by atoms with Crippen molar-refractivity contribution in [2.75, 3.05) is 0 Å². The molecule has 3 aromatic rings. The zero-order valence-electron chi connectivity index (χ0n) is 12.9. The van der Waals surface area contributed by atoms with Gasteiger partial charge in [-0.15, -0.1) is 0 Å². The molecule has 0 aliphatic heterocycles. The first kappa shape index (κ1) is 13.7. The summed E-state index contributed by atoms with van der Waals surface area (Å²) >= 11 is 0. The Morgan fingerprint density at radius 3 is 1.29 bits per heavy atom. The Morgan fingerprint density at radius 1 is 0.571 bits per heavy atom. The second-order valence-corrected chi connectivity index (χ2v) is 6.34. The van der Waals surface area contributed by atoms with Crippen LogP contribution < -0.4 is 0 Å². The zero-order valence-corrected chi connectivity index (χ0v) is 12.9. The summed E-state index contributed by atoms with van der Waals surface area (Å²) in [6, 6.07) is 25.6. The van der Waals surface area contributed by atoms with Crippen LogP contribution in [0.5, 0.6) is 0 Å². The van der Waals surface area contributed by atoms with Crippen molar-refractivity contribution in [2.24, 2.45) is 0 Å². The maximum Gasteiger partial charge on any atom is 0.0490 e. The lowest BCUT2D eigenvalue weighted by atomic mass is 10.0. The molecule has 0 bridgehead atoms. The van der Waals surface area contributed by atoms with Gasteiger partial charge in [0, 0.05) is 16.9 Å². The van der Waals surface area contributed by atoms with Crippen molar-refractivity contribution in [3.8, 4) is 22.5 Å². The van der Waals surface area contributed by atoms with Crippen LogP contribution in [0.25, 0.3) is 22.5 Å². The first-order chi connectivity index (χ1) is 10.1. The van der Waals surface area contributed by atoms with Crippen LogP contribution in [0.3, 0.4) is 0 Å². The fraction of sp³-hybridized carbons (Fsp3) is 0.200. The molecule has 0 unspecified atom stereocenters. The van der Waals surface area contributed by atoms with Gasteiger partial charge >= 0.3 is 0 Å². The fourth-order valence-electron chi connectivity index (χ4n) is 2.83. The minimum atomic E-state index is 0.0276. The molecular weight excluding hydrogens is 254 g/mol. The molecule has 0 aliphatic carbocycles. The lowest BCUT2D eigenvalue weighted by molar-refractivity contribution is 0.407. The summed E-state index contributed by atoms with van der Waals surface area (Å²) in [6.45, 7) is 6.77. The van der Waals surface area contributed by atoms with E-state index in [1.165, 1.54) is 22.5 Å². The molecule has 1 heteroatoms. The smallest absolute Gasteiger partial charge is 0.0490 e. The molecular formula is C20H21N. The van der Waals surface area contributed by atoms with Crippen LogP contribution in [0.4, 0.5) is 0 Å². The number of hydrogen-bond acceptors (Lipinski definition) is 0. The summed E-state index contributed by atoms with van der Waals surface area (Å²) in [6.07, 6.45) is 0. The molecule has 0 aliphatic rings. The summed E-state index contributed by atoms with van der Waals surface area (Å²) in [4.78, 5) is 0. The van der Waals surface area contributed by atoms with Gasteiger partial charge in [0.05, 0.1) is 0 Å². The maximum atomic E-state index is 2.43. The van der Waals surface area contributed by atoms with Gasteiger partial charge in [0.25, 0.3) is 0 Å². The Bertz CT molecular complexity index is 659. The van der Waals surface area contributed by atoms with Gasteiger partial charge in [0.2, 0.25) is 0 Å². The maximum absolute atomic E-state index is 2.43. The minimum absolute atomic E-state index is 0.0276. The van der Waals surface area contributed by atoms with Gasteiger partial charge in [0.1, 0.15) is 0 Å². The third-order valence-corrected chi connectivity index (χ3v) is 3.69. The van der Waals surface area contributed by atoms with Crippen molar-refractivity contribution in [3.63, 3.8) is 0 Å². The molecule has 21 heavy (non-hydrogen) atoms. The predicted molar refractivity (Wildman–Crippen MR) is 90.3 cm³/mol. The average Bonchev–Trinajstić information content (AvgIpc) is 2.94. The Kier molecular flexibility index (Phi) is 3.42. The molecule has 0 saturated carbocycles. The highest BCUT2D eigenvalue weighted by molar-refractivity contribution is 5.70. The van der Waals surface area contributed by atoms with E-state index < -0.39 is 0 Å². The first-order valence-electron chi connectivity index (χ1n) is 7.40. The zero-order chi connectivity index (χ0) is 14.9. The van der Waals surface area contributed by atoms with E-state index >= 15 is 0 Å². The summed E-state index contributed by atoms with van der Waals surface area (Å²) in [5, 5.41) is 0. The van der Waals surface area contributed by atoms with Crippen LogP contribution in [-0.4, -0.2) is 4.57 Å². The fourth-order valence-corrected chi connectivity index (χ4v) is 2.83. The van der Waals surface area contributed by atoms with Crippen molar-refractivity contribution < 1.29 is 0 Å². The molecule has 0 N–H and O–H groups in total. The quantitative estimate of drug-likeness (QED) is 0.575. The molecule has 0 saturated heterocycles. The third-order valence-electron chi connectivity index (χ3n) is 3.69. The minimum Gasteiger partial charge on any atom is -0.335 e. The van der Waals surface area contributed by atoms with Gasteiger partial charge in [-0.05, 0) is 44.0 Å². The monoisotopic (exact) mass is 275 g/mol. The molecule has 106 valence electrons. The Hall–Kier alpha value is -2.28. The van der Waals surface area contributed by atoms with Crippen molar-refractivity contribution >= 4 is 0 Å². The highest BCUT2D eigenvalue weighted by Crippen LogP contribution is 2.34. The highest BCUT2D eigenvalue weighted by Gasteiger charge is 2.21. The largest absolute Gasteiger partial charge is 0.335 e. The molecule has 0 fully saturated rings. The van der Waals surface area contributed by atoms with Crippen LogP contribution in [0.2, 0.25) is 0 Å². The molecule has 0 spiro atoms. The van der Waals surface area contributed by atoms with E-state index in [1.54, 1.807) is 0 Å². The Morgan fingerprint density at radius 2 is 0.952 bits per heavy atom. The Labute approximate surface area is 126 Å². The van der Waals surface area contributed by atoms with Gasteiger partial charge in [-0.3, -0.25) is 0 Å². The normalized spacial score (nSPS) is 11.6. The summed E-state index contributed by atoms with van der Waals surface area (Å²) < 4.78 is 2.43. The van der Waals surface area contributed by atoms with Gasteiger partial charge in [-0.1, -0.05) is 60.7 Å². The number of benzene rings is 2. The van der Waals surface area contributed by atoms with Gasteiger partial charge < -0.3 is 4.57 Å². The lowest BCUT2D eigenvalue weighted by Gasteiger charge is -2.28. The Balaban J connectivity index is 2.23. The lowest BCUT2D eigenvalue weighted by Crippen LogP contribution is -2.23. The van der Waals surface area contributed by atoms with Crippen LogP contribution in [0.1, 0.15) is 20.8 Å². The predicted octanol–water partition coefficient (Wildman–Crippen LogP) is 5.58. The van der Waals surface area contributed by atoms with E-state index in [9.17, 15) is 0 Å². The van der Waals surface area contributed by atoms with E-state index in [0.29, 0.717) is 0 Å². The van der Waals surface area contributed by atoms with Crippen molar-refractivity contribution in [3.05, 3.63) is 72.8 Å². The number of hydrogen-bond donors (Lipinski definition) is 0. The van der Waals surface area contributed by atoms with Gasteiger partial charge in [-0.2, -0.15) is 0 Å². The molecule has 1 heterocycles. The van der Waals surface area contributed by atoms with E-state index in [1.807, 2.05) is 0 Å². The summed E-state index contributed by atoms with van der Waals surface area (Å²) in [5.41, 5.74) is 5.08. The molecule has 0 amide bonds. The molecule has 1 nitrogen and oxygen atoms in total. The second-order valence-electron chi connectivity index (χ2n) is 6.34. The third kappa shape index (κ3) is 2.64. The second kappa shape index (κ2) is 5.25. The standard InChI is InChI=1S/C20H21N/c1-20(2,3)21-18(16-10-6-4-7-11-16)14-15-19(21)17-12-8-5-9-13-17/h4-15H,1-3H3. The van der Waals surface area contributed by atoms with E-state index in [-0.39, 0.29) is 5.54 Å². The van der Waals surface area contributed by atoms with Crippen LogP contribution in [0.15, 0.2) is 72.8 Å². The van der Waals surface area contributed by atoms with Gasteiger partial charge in [-0.25, -0.2) is 0 Å². The highest BCUT2D eigenvalue weighted by atomic mass is 15.1. The SMILES string of the molecule is CC(C)(C)n1c(-c2ccccc2)ccc1-c1ccccc1. The topological polar surface area (TPSA) is 4.93 Å². The summed E-state index contributed by atoms with van der Waals surface area (Å²) in [7, 11) is 0. The van der Waals surface area contributed by atoms with Crippen LogP contribution in [-0.2, 0) is 5.54 Å². The molecule has 3 rings (SSSR count). The van der Waals surface area contributed by atoms with Crippen LogP contribution in [0, 0.1) is 0 Å². The molecule has 0 atom stereocenters. The number of nitrogens with zero attached hydrogens (tertiary/aromatic N) is 1. The first-order valence-corrected chi connectivity index (χ1v) is 7.40. The average molecular weight is 275 g/mol. The molecule has 2 aromatic carbocycles. The van der Waals surface area contributed by atoms with E-state index in [4.69, 9.17) is 0 Å². The van der Waals surface area contributed by atoms with Gasteiger partial charge in [0.15, 0.2) is 0 Å². The number of aromatic nitrogens is 1. The molecule has 1 aromatic heterocycles.